The fourth-order valence-electron chi connectivity index (χ4n) is 2.46. The van der Waals surface area contributed by atoms with Gasteiger partial charge in [-0.2, -0.15) is 0 Å². The van der Waals surface area contributed by atoms with E-state index in [1.807, 2.05) is 37.4 Å². The highest BCUT2D eigenvalue weighted by atomic mass is 16.6. The molecule has 1 amide bonds. The van der Waals surface area contributed by atoms with Gasteiger partial charge in [0.1, 0.15) is 6.61 Å². The van der Waals surface area contributed by atoms with E-state index in [2.05, 4.69) is 0 Å². The number of amides is 1. The standard InChI is InChI=1S/C15H22N2O2/c1-17(14-9-7-13(16)8-10-14)15(18)19-11-12-5-3-2-4-6-12/h2-6,13-14H,7-11,16H2,1H3. The van der Waals surface area contributed by atoms with Crippen LogP contribution in [0.3, 0.4) is 0 Å². The molecule has 0 saturated heterocycles. The summed E-state index contributed by atoms with van der Waals surface area (Å²) in [6.07, 6.45) is 3.67. The van der Waals surface area contributed by atoms with E-state index in [0.717, 1.165) is 31.2 Å². The Morgan fingerprint density at radius 3 is 2.53 bits per heavy atom. The smallest absolute Gasteiger partial charge is 0.410 e. The normalized spacial score (nSPS) is 22.8. The lowest BCUT2D eigenvalue weighted by Gasteiger charge is -2.32. The second-order valence-corrected chi connectivity index (χ2v) is 5.22. The van der Waals surface area contributed by atoms with Crippen LogP contribution in [0.25, 0.3) is 0 Å². The van der Waals surface area contributed by atoms with Crippen molar-refractivity contribution in [2.75, 3.05) is 7.05 Å². The Balaban J connectivity index is 1.79. The van der Waals surface area contributed by atoms with E-state index in [0.29, 0.717) is 12.6 Å². The van der Waals surface area contributed by atoms with Crippen molar-refractivity contribution in [1.29, 1.82) is 0 Å². The first-order valence-electron chi connectivity index (χ1n) is 6.86. The molecule has 1 aliphatic carbocycles. The topological polar surface area (TPSA) is 55.6 Å². The SMILES string of the molecule is CN(C(=O)OCc1ccccc1)C1CCC(N)CC1. The minimum atomic E-state index is -0.246. The van der Waals surface area contributed by atoms with Crippen LogP contribution in [0.15, 0.2) is 30.3 Å². The molecule has 0 radical (unpaired) electrons. The molecular weight excluding hydrogens is 240 g/mol. The van der Waals surface area contributed by atoms with E-state index < -0.39 is 0 Å². The van der Waals surface area contributed by atoms with Crippen LogP contribution >= 0.6 is 0 Å². The van der Waals surface area contributed by atoms with Gasteiger partial charge in [0.05, 0.1) is 0 Å². The second-order valence-electron chi connectivity index (χ2n) is 5.22. The first-order chi connectivity index (χ1) is 9.16. The molecule has 0 unspecified atom stereocenters. The highest BCUT2D eigenvalue weighted by Crippen LogP contribution is 2.21. The first-order valence-corrected chi connectivity index (χ1v) is 6.86. The molecule has 0 aromatic heterocycles. The fraction of sp³-hybridized carbons (Fsp3) is 0.533. The summed E-state index contributed by atoms with van der Waals surface area (Å²) in [6, 6.07) is 10.3. The van der Waals surface area contributed by atoms with Gasteiger partial charge in [0.15, 0.2) is 0 Å². The maximum Gasteiger partial charge on any atom is 0.410 e. The van der Waals surface area contributed by atoms with Gasteiger partial charge in [-0.1, -0.05) is 30.3 Å². The number of nitrogens with zero attached hydrogens (tertiary/aromatic N) is 1. The van der Waals surface area contributed by atoms with Gasteiger partial charge in [0, 0.05) is 19.1 Å². The minimum Gasteiger partial charge on any atom is -0.445 e. The predicted octanol–water partition coefficient (Wildman–Crippen LogP) is 2.52. The molecule has 1 saturated carbocycles. The lowest BCUT2D eigenvalue weighted by molar-refractivity contribution is 0.0822. The maximum atomic E-state index is 12.0. The molecule has 104 valence electrons. The zero-order chi connectivity index (χ0) is 13.7. The molecule has 0 heterocycles. The predicted molar refractivity (Wildman–Crippen MR) is 74.6 cm³/mol. The number of hydrogen-bond acceptors (Lipinski definition) is 3. The molecule has 2 rings (SSSR count). The minimum absolute atomic E-state index is 0.246. The number of nitrogens with two attached hydrogens (primary N) is 1. The summed E-state index contributed by atoms with van der Waals surface area (Å²) in [6.45, 7) is 0.330. The van der Waals surface area contributed by atoms with Crippen LogP contribution in [0, 0.1) is 0 Å². The van der Waals surface area contributed by atoms with E-state index in [1.54, 1.807) is 4.90 Å². The number of benzene rings is 1. The van der Waals surface area contributed by atoms with Crippen molar-refractivity contribution >= 4 is 6.09 Å². The average molecular weight is 262 g/mol. The molecule has 19 heavy (non-hydrogen) atoms. The third-order valence-corrected chi connectivity index (χ3v) is 3.78. The van der Waals surface area contributed by atoms with E-state index in [9.17, 15) is 4.79 Å². The van der Waals surface area contributed by atoms with Crippen LogP contribution < -0.4 is 5.73 Å². The highest BCUT2D eigenvalue weighted by Gasteiger charge is 2.25. The van der Waals surface area contributed by atoms with E-state index in [4.69, 9.17) is 10.5 Å². The van der Waals surface area contributed by atoms with Crippen LogP contribution in [0.1, 0.15) is 31.2 Å². The molecule has 2 N–H and O–H groups in total. The molecule has 1 aromatic carbocycles. The second kappa shape index (κ2) is 6.57. The highest BCUT2D eigenvalue weighted by molar-refractivity contribution is 5.67. The van der Waals surface area contributed by atoms with Crippen molar-refractivity contribution in [3.05, 3.63) is 35.9 Å². The lowest BCUT2D eigenvalue weighted by atomic mass is 9.91. The molecular formula is C15H22N2O2. The van der Waals surface area contributed by atoms with Crippen molar-refractivity contribution in [3.63, 3.8) is 0 Å². The van der Waals surface area contributed by atoms with Crippen LogP contribution in [0.4, 0.5) is 4.79 Å². The number of carbonyl (C=O) groups is 1. The van der Waals surface area contributed by atoms with Crippen LogP contribution in [0.5, 0.6) is 0 Å². The van der Waals surface area contributed by atoms with Crippen molar-refractivity contribution in [2.24, 2.45) is 5.73 Å². The Bertz CT molecular complexity index is 400. The van der Waals surface area contributed by atoms with Gasteiger partial charge in [-0.25, -0.2) is 4.79 Å². The summed E-state index contributed by atoms with van der Waals surface area (Å²) in [5, 5.41) is 0. The summed E-state index contributed by atoms with van der Waals surface area (Å²) in [5.41, 5.74) is 6.88. The van der Waals surface area contributed by atoms with Crippen LogP contribution in [-0.4, -0.2) is 30.1 Å². The van der Waals surface area contributed by atoms with Gasteiger partial charge in [0.25, 0.3) is 0 Å². The summed E-state index contributed by atoms with van der Waals surface area (Å²) in [7, 11) is 1.81. The quantitative estimate of drug-likeness (QED) is 0.910. The third-order valence-electron chi connectivity index (χ3n) is 3.78. The van der Waals surface area contributed by atoms with E-state index >= 15 is 0 Å². The number of carbonyl (C=O) groups excluding carboxylic acids is 1. The van der Waals surface area contributed by atoms with Gasteiger partial charge >= 0.3 is 6.09 Å². The monoisotopic (exact) mass is 262 g/mol. The van der Waals surface area contributed by atoms with Crippen molar-refractivity contribution in [2.45, 2.75) is 44.4 Å². The van der Waals surface area contributed by atoms with Crippen LogP contribution in [-0.2, 0) is 11.3 Å². The molecule has 1 aromatic rings. The van der Waals surface area contributed by atoms with Crippen molar-refractivity contribution in [3.8, 4) is 0 Å². The zero-order valence-electron chi connectivity index (χ0n) is 11.4. The van der Waals surface area contributed by atoms with Gasteiger partial charge < -0.3 is 15.4 Å². The summed E-state index contributed by atoms with van der Waals surface area (Å²) >= 11 is 0. The summed E-state index contributed by atoms with van der Waals surface area (Å²) < 4.78 is 5.33. The Hall–Kier alpha value is -1.55. The molecule has 0 atom stereocenters. The molecule has 4 nitrogen and oxygen atoms in total. The lowest BCUT2D eigenvalue weighted by Crippen LogP contribution is -2.42. The molecule has 0 aliphatic heterocycles. The molecule has 1 aliphatic rings. The Kier molecular flexibility index (Phi) is 4.80. The average Bonchev–Trinajstić information content (AvgIpc) is 2.46. The van der Waals surface area contributed by atoms with Crippen molar-refractivity contribution in [1.82, 2.24) is 4.90 Å². The van der Waals surface area contributed by atoms with Crippen LogP contribution in [0.2, 0.25) is 0 Å². The number of rotatable bonds is 3. The van der Waals surface area contributed by atoms with Gasteiger partial charge in [0.2, 0.25) is 0 Å². The molecule has 0 spiro atoms. The largest absolute Gasteiger partial charge is 0.445 e. The Labute approximate surface area is 114 Å². The first kappa shape index (κ1) is 13.9. The fourth-order valence-corrected chi connectivity index (χ4v) is 2.46. The van der Waals surface area contributed by atoms with Gasteiger partial charge in [-0.05, 0) is 31.2 Å². The van der Waals surface area contributed by atoms with Gasteiger partial charge in [-0.3, -0.25) is 0 Å². The van der Waals surface area contributed by atoms with E-state index in [-0.39, 0.29) is 12.1 Å². The zero-order valence-corrected chi connectivity index (χ0v) is 11.4. The Morgan fingerprint density at radius 2 is 1.89 bits per heavy atom. The molecule has 4 heteroatoms. The molecule has 0 bridgehead atoms. The maximum absolute atomic E-state index is 12.0. The van der Waals surface area contributed by atoms with E-state index in [1.165, 1.54) is 0 Å². The Morgan fingerprint density at radius 1 is 1.26 bits per heavy atom. The van der Waals surface area contributed by atoms with Crippen molar-refractivity contribution < 1.29 is 9.53 Å². The third kappa shape index (κ3) is 3.96. The van der Waals surface area contributed by atoms with Gasteiger partial charge in [-0.15, -0.1) is 0 Å². The number of hydrogen-bond donors (Lipinski definition) is 1. The molecule has 1 fully saturated rings. The summed E-state index contributed by atoms with van der Waals surface area (Å²) in [5.74, 6) is 0. The summed E-state index contributed by atoms with van der Waals surface area (Å²) in [4.78, 5) is 13.7. The number of ether oxygens (including phenoxy) is 1.